The van der Waals surface area contributed by atoms with Crippen LogP contribution >= 0.6 is 23.2 Å². The first-order chi connectivity index (χ1) is 7.45. The van der Waals surface area contributed by atoms with Crippen LogP contribution in [0.2, 0.25) is 5.02 Å². The van der Waals surface area contributed by atoms with Crippen LogP contribution < -0.4 is 5.14 Å². The molecule has 2 N–H and O–H groups in total. The molecular formula is C10H9Cl2NO2S. The van der Waals surface area contributed by atoms with Crippen molar-refractivity contribution >= 4 is 33.2 Å². The minimum atomic E-state index is -3.78. The number of hydrogen-bond acceptors (Lipinski definition) is 2. The van der Waals surface area contributed by atoms with Crippen molar-refractivity contribution < 1.29 is 8.42 Å². The van der Waals surface area contributed by atoms with Gasteiger partial charge >= 0.3 is 0 Å². The molecule has 0 unspecified atom stereocenters. The number of benzene rings is 1. The molecule has 0 fully saturated rings. The van der Waals surface area contributed by atoms with Crippen LogP contribution in [0.4, 0.5) is 0 Å². The Morgan fingerprint density at radius 3 is 2.56 bits per heavy atom. The lowest BCUT2D eigenvalue weighted by Crippen LogP contribution is -2.12. The third-order valence-electron chi connectivity index (χ3n) is 1.69. The maximum Gasteiger partial charge on any atom is 0.239 e. The van der Waals surface area contributed by atoms with Crippen molar-refractivity contribution in [2.45, 2.75) is 11.3 Å². The molecule has 0 saturated heterocycles. The third kappa shape index (κ3) is 3.69. The maximum atomic E-state index is 11.1. The van der Waals surface area contributed by atoms with E-state index in [4.69, 9.17) is 28.3 Å². The highest BCUT2D eigenvalue weighted by Gasteiger charge is 2.12. The zero-order valence-corrected chi connectivity index (χ0v) is 10.5. The van der Waals surface area contributed by atoms with E-state index in [1.165, 1.54) is 12.1 Å². The van der Waals surface area contributed by atoms with E-state index in [2.05, 4.69) is 11.8 Å². The van der Waals surface area contributed by atoms with Gasteiger partial charge in [0.25, 0.3) is 0 Å². The average molecular weight is 278 g/mol. The van der Waals surface area contributed by atoms with E-state index in [9.17, 15) is 8.42 Å². The number of hydrogen-bond donors (Lipinski definition) is 1. The summed E-state index contributed by atoms with van der Waals surface area (Å²) in [4.78, 5) is -0.0999. The van der Waals surface area contributed by atoms with E-state index in [-0.39, 0.29) is 9.92 Å². The molecule has 0 aromatic heterocycles. The molecule has 0 atom stereocenters. The van der Waals surface area contributed by atoms with Crippen molar-refractivity contribution in [3.8, 4) is 11.8 Å². The molecule has 1 aromatic rings. The van der Waals surface area contributed by atoms with Crippen LogP contribution in [0.5, 0.6) is 0 Å². The summed E-state index contributed by atoms with van der Waals surface area (Å²) in [5.74, 6) is 6.08. The second kappa shape index (κ2) is 5.55. The fourth-order valence-electron chi connectivity index (χ4n) is 1.02. The quantitative estimate of drug-likeness (QED) is 0.664. The average Bonchev–Trinajstić information content (AvgIpc) is 2.16. The Morgan fingerprint density at radius 1 is 1.38 bits per heavy atom. The van der Waals surface area contributed by atoms with E-state index in [1.807, 2.05) is 0 Å². The van der Waals surface area contributed by atoms with E-state index in [1.54, 1.807) is 6.07 Å². The van der Waals surface area contributed by atoms with Crippen LogP contribution in [0.25, 0.3) is 0 Å². The third-order valence-corrected chi connectivity index (χ3v) is 3.27. The minimum absolute atomic E-state index is 0.0696. The highest BCUT2D eigenvalue weighted by atomic mass is 35.5. The van der Waals surface area contributed by atoms with E-state index in [0.29, 0.717) is 17.9 Å². The molecular weight excluding hydrogens is 269 g/mol. The summed E-state index contributed by atoms with van der Waals surface area (Å²) in [5, 5.41) is 5.03. The van der Waals surface area contributed by atoms with Crippen LogP contribution in [0, 0.1) is 11.8 Å². The first-order valence-electron chi connectivity index (χ1n) is 4.32. The van der Waals surface area contributed by atoms with Crippen LogP contribution in [0.1, 0.15) is 12.0 Å². The van der Waals surface area contributed by atoms with Gasteiger partial charge in [-0.25, -0.2) is 13.6 Å². The van der Waals surface area contributed by atoms with Crippen molar-refractivity contribution in [1.82, 2.24) is 0 Å². The SMILES string of the molecule is NS(=O)(=O)c1ccc(C#CCCCl)cc1Cl. The standard InChI is InChI=1S/C10H9Cl2NO2S/c11-6-2-1-3-8-4-5-10(9(12)7-8)16(13,14)15/h4-5,7H,2,6H2,(H2,13,14,15). The van der Waals surface area contributed by atoms with Crippen molar-refractivity contribution in [2.24, 2.45) is 5.14 Å². The molecule has 16 heavy (non-hydrogen) atoms. The lowest BCUT2D eigenvalue weighted by Gasteiger charge is -2.01. The Kier molecular flexibility index (Phi) is 4.63. The Bertz CT molecular complexity index is 544. The van der Waals surface area contributed by atoms with Gasteiger partial charge in [0.2, 0.25) is 10.0 Å². The summed E-state index contributed by atoms with van der Waals surface area (Å²) in [5.41, 5.74) is 0.627. The smallest absolute Gasteiger partial charge is 0.225 e. The van der Waals surface area contributed by atoms with Gasteiger partial charge in [-0.3, -0.25) is 0 Å². The van der Waals surface area contributed by atoms with Gasteiger partial charge in [-0.2, -0.15) is 0 Å². The Labute approximate surface area is 105 Å². The van der Waals surface area contributed by atoms with Crippen molar-refractivity contribution in [2.75, 3.05) is 5.88 Å². The number of primary sulfonamides is 1. The highest BCUT2D eigenvalue weighted by Crippen LogP contribution is 2.20. The molecule has 6 heteroatoms. The fraction of sp³-hybridized carbons (Fsp3) is 0.200. The Balaban J connectivity index is 3.07. The molecule has 0 aliphatic carbocycles. The summed E-state index contributed by atoms with van der Waals surface area (Å²) in [6.07, 6.45) is 0.566. The topological polar surface area (TPSA) is 60.2 Å². The van der Waals surface area contributed by atoms with Crippen LogP contribution in [-0.4, -0.2) is 14.3 Å². The molecule has 86 valence electrons. The molecule has 0 heterocycles. The van der Waals surface area contributed by atoms with E-state index in [0.717, 1.165) is 0 Å². The number of nitrogens with two attached hydrogens (primary N) is 1. The zero-order chi connectivity index (χ0) is 12.2. The Hall–Kier alpha value is -0.730. The lowest BCUT2D eigenvalue weighted by molar-refractivity contribution is 0.598. The molecule has 3 nitrogen and oxygen atoms in total. The lowest BCUT2D eigenvalue weighted by atomic mass is 10.2. The number of sulfonamides is 1. The predicted octanol–water partition coefficient (Wildman–Crippen LogP) is 1.97. The molecule has 0 radical (unpaired) electrons. The summed E-state index contributed by atoms with van der Waals surface area (Å²) in [6.45, 7) is 0. The van der Waals surface area contributed by atoms with Crippen molar-refractivity contribution in [1.29, 1.82) is 0 Å². The molecule has 1 rings (SSSR count). The van der Waals surface area contributed by atoms with Crippen LogP contribution in [-0.2, 0) is 10.0 Å². The zero-order valence-electron chi connectivity index (χ0n) is 8.20. The van der Waals surface area contributed by atoms with Gasteiger partial charge in [0.05, 0.1) is 5.02 Å². The fourth-order valence-corrected chi connectivity index (χ4v) is 2.21. The Morgan fingerprint density at radius 2 is 2.06 bits per heavy atom. The van der Waals surface area contributed by atoms with Crippen molar-refractivity contribution in [3.63, 3.8) is 0 Å². The number of alkyl halides is 1. The van der Waals surface area contributed by atoms with E-state index < -0.39 is 10.0 Å². The second-order valence-corrected chi connectivity index (χ2v) is 5.25. The molecule has 0 amide bonds. The summed E-state index contributed by atoms with van der Waals surface area (Å²) >= 11 is 11.2. The predicted molar refractivity (Wildman–Crippen MR) is 65.0 cm³/mol. The molecule has 0 aliphatic rings. The van der Waals surface area contributed by atoms with Gasteiger partial charge in [-0.05, 0) is 18.2 Å². The summed E-state index contributed by atoms with van der Waals surface area (Å²) in [7, 11) is -3.78. The first-order valence-corrected chi connectivity index (χ1v) is 6.78. The second-order valence-electron chi connectivity index (χ2n) is 2.93. The van der Waals surface area contributed by atoms with Crippen molar-refractivity contribution in [3.05, 3.63) is 28.8 Å². The molecule has 0 saturated carbocycles. The normalized spacial score (nSPS) is 10.7. The van der Waals surface area contributed by atoms with Crippen LogP contribution in [0.3, 0.4) is 0 Å². The number of halogens is 2. The van der Waals surface area contributed by atoms with Gasteiger partial charge in [0.15, 0.2) is 0 Å². The molecule has 0 spiro atoms. The molecule has 0 aliphatic heterocycles. The molecule has 1 aromatic carbocycles. The first kappa shape index (κ1) is 13.3. The summed E-state index contributed by atoms with van der Waals surface area (Å²) < 4.78 is 22.1. The summed E-state index contributed by atoms with van der Waals surface area (Å²) in [6, 6.07) is 4.35. The van der Waals surface area contributed by atoms with Gasteiger partial charge < -0.3 is 0 Å². The monoisotopic (exact) mass is 277 g/mol. The number of rotatable bonds is 2. The van der Waals surface area contributed by atoms with Gasteiger partial charge in [-0.1, -0.05) is 23.4 Å². The van der Waals surface area contributed by atoms with Gasteiger partial charge in [0.1, 0.15) is 4.90 Å². The van der Waals surface area contributed by atoms with E-state index >= 15 is 0 Å². The maximum absolute atomic E-state index is 11.1. The van der Waals surface area contributed by atoms with Gasteiger partial charge in [-0.15, -0.1) is 11.6 Å². The molecule has 0 bridgehead atoms. The highest BCUT2D eigenvalue weighted by molar-refractivity contribution is 7.89. The van der Waals surface area contributed by atoms with Gasteiger partial charge in [0, 0.05) is 17.9 Å². The minimum Gasteiger partial charge on any atom is -0.225 e. The largest absolute Gasteiger partial charge is 0.239 e. The van der Waals surface area contributed by atoms with Crippen LogP contribution in [0.15, 0.2) is 23.1 Å².